The molecule has 0 spiro atoms. The van der Waals surface area contributed by atoms with Crippen LogP contribution >= 0.6 is 35.1 Å². The molecular weight excluding hydrogens is 351 g/mol. The summed E-state index contributed by atoms with van der Waals surface area (Å²) in [7, 11) is 1.96. The fraction of sp³-hybridized carbons (Fsp3) is 0.250. The van der Waals surface area contributed by atoms with Crippen LogP contribution in [0.3, 0.4) is 0 Å². The summed E-state index contributed by atoms with van der Waals surface area (Å²) in [4.78, 5) is 11.2. The minimum absolute atomic E-state index is 0.536. The van der Waals surface area contributed by atoms with Crippen molar-refractivity contribution < 1.29 is 0 Å². The Hall–Kier alpha value is -1.43. The number of rotatable bonds is 5. The first-order valence-corrected chi connectivity index (χ1v) is 9.20. The lowest BCUT2D eigenvalue weighted by Gasteiger charge is -2.20. The summed E-state index contributed by atoms with van der Waals surface area (Å²) < 4.78 is 2.05. The van der Waals surface area contributed by atoms with Gasteiger partial charge in [-0.25, -0.2) is 4.98 Å². The van der Waals surface area contributed by atoms with Crippen molar-refractivity contribution in [3.8, 4) is 11.5 Å². The molecular formula is C16H16Cl2N4S. The first kappa shape index (κ1) is 16.4. The van der Waals surface area contributed by atoms with Gasteiger partial charge in [-0.15, -0.1) is 11.6 Å². The van der Waals surface area contributed by atoms with Crippen LogP contribution in [0.5, 0.6) is 0 Å². The molecule has 4 nitrogen and oxygen atoms in total. The van der Waals surface area contributed by atoms with Crippen molar-refractivity contribution in [1.82, 2.24) is 13.9 Å². The minimum atomic E-state index is 0.536. The Morgan fingerprint density at radius 2 is 2.04 bits per heavy atom. The molecule has 0 unspecified atom stereocenters. The molecule has 3 aromatic rings. The first-order valence-electron chi connectivity index (χ1n) is 7.11. The van der Waals surface area contributed by atoms with E-state index in [9.17, 15) is 0 Å². The first-order chi connectivity index (χ1) is 11.2. The maximum atomic E-state index is 6.62. The number of imidazole rings is 1. The van der Waals surface area contributed by atoms with Gasteiger partial charge in [-0.1, -0.05) is 23.7 Å². The summed E-state index contributed by atoms with van der Waals surface area (Å²) in [5.74, 6) is 1.29. The Bertz CT molecular complexity index is 834. The Morgan fingerprint density at radius 1 is 1.26 bits per heavy atom. The second-order valence-electron chi connectivity index (χ2n) is 5.00. The Morgan fingerprint density at radius 3 is 2.78 bits per heavy atom. The molecule has 3 rings (SSSR count). The number of pyridine rings is 1. The van der Waals surface area contributed by atoms with Crippen LogP contribution in [0.15, 0.2) is 36.5 Å². The fourth-order valence-corrected chi connectivity index (χ4v) is 3.71. The van der Waals surface area contributed by atoms with Gasteiger partial charge in [0.2, 0.25) is 0 Å². The van der Waals surface area contributed by atoms with E-state index < -0.39 is 0 Å². The van der Waals surface area contributed by atoms with E-state index in [4.69, 9.17) is 28.2 Å². The van der Waals surface area contributed by atoms with Crippen LogP contribution in [0, 0.1) is 0 Å². The number of aromatic nitrogens is 3. The lowest BCUT2D eigenvalue weighted by atomic mass is 10.3. The average Bonchev–Trinajstić information content (AvgIpc) is 2.93. The van der Waals surface area contributed by atoms with Crippen LogP contribution in [-0.2, 0) is 0 Å². The van der Waals surface area contributed by atoms with E-state index in [-0.39, 0.29) is 0 Å². The van der Waals surface area contributed by atoms with E-state index in [1.165, 1.54) is 0 Å². The van der Waals surface area contributed by atoms with Crippen LogP contribution < -0.4 is 4.90 Å². The fourth-order valence-electron chi connectivity index (χ4n) is 2.47. The van der Waals surface area contributed by atoms with Gasteiger partial charge in [0.05, 0.1) is 21.7 Å². The van der Waals surface area contributed by atoms with Gasteiger partial charge in [-0.05, 0) is 30.1 Å². The maximum Gasteiger partial charge on any atom is 0.171 e. The topological polar surface area (TPSA) is 34.0 Å². The van der Waals surface area contributed by atoms with Crippen molar-refractivity contribution in [2.75, 3.05) is 30.6 Å². The van der Waals surface area contributed by atoms with Gasteiger partial charge >= 0.3 is 0 Å². The van der Waals surface area contributed by atoms with E-state index in [0.29, 0.717) is 23.1 Å². The average molecular weight is 367 g/mol. The number of hydrogen-bond donors (Lipinski definition) is 0. The lowest BCUT2D eigenvalue weighted by Crippen LogP contribution is -2.20. The Kier molecular flexibility index (Phi) is 4.99. The van der Waals surface area contributed by atoms with Crippen LogP contribution in [-0.4, -0.2) is 39.7 Å². The van der Waals surface area contributed by atoms with Gasteiger partial charge in [-0.2, -0.15) is 0 Å². The van der Waals surface area contributed by atoms with Crippen molar-refractivity contribution in [2.45, 2.75) is 0 Å². The van der Waals surface area contributed by atoms with Crippen LogP contribution in [0.2, 0.25) is 5.02 Å². The van der Waals surface area contributed by atoms with E-state index in [1.54, 1.807) is 18.1 Å². The molecule has 0 radical (unpaired) electrons. The number of nitrogens with zero attached hydrogens (tertiary/aromatic N) is 4. The smallest absolute Gasteiger partial charge is 0.171 e. The zero-order valence-electron chi connectivity index (χ0n) is 12.8. The third-order valence-electron chi connectivity index (χ3n) is 3.61. The van der Waals surface area contributed by atoms with Crippen molar-refractivity contribution in [3.63, 3.8) is 0 Å². The molecule has 0 atom stereocenters. The van der Waals surface area contributed by atoms with Crippen molar-refractivity contribution in [3.05, 3.63) is 41.6 Å². The maximum absolute atomic E-state index is 6.62. The molecule has 0 bridgehead atoms. The molecule has 2 heterocycles. The lowest BCUT2D eigenvalue weighted by molar-refractivity contribution is 0.970. The van der Waals surface area contributed by atoms with E-state index >= 15 is 0 Å². The Labute approximate surface area is 149 Å². The molecule has 23 heavy (non-hydrogen) atoms. The third kappa shape index (κ3) is 3.01. The highest BCUT2D eigenvalue weighted by molar-refractivity contribution is 7.97. The van der Waals surface area contributed by atoms with Gasteiger partial charge in [-0.3, -0.25) is 8.96 Å². The van der Waals surface area contributed by atoms with Gasteiger partial charge in [0, 0.05) is 31.9 Å². The van der Waals surface area contributed by atoms with Crippen LogP contribution in [0.1, 0.15) is 0 Å². The predicted molar refractivity (Wildman–Crippen MR) is 101 cm³/mol. The molecule has 2 aromatic heterocycles. The summed E-state index contributed by atoms with van der Waals surface area (Å²) in [5, 5.41) is 0.589. The molecule has 0 aliphatic rings. The van der Waals surface area contributed by atoms with E-state index in [2.05, 4.69) is 8.96 Å². The zero-order chi connectivity index (χ0) is 16.4. The van der Waals surface area contributed by atoms with Crippen LogP contribution in [0.4, 0.5) is 5.69 Å². The van der Waals surface area contributed by atoms with Gasteiger partial charge < -0.3 is 4.90 Å². The zero-order valence-corrected chi connectivity index (χ0v) is 15.2. The molecule has 0 saturated heterocycles. The van der Waals surface area contributed by atoms with Gasteiger partial charge in [0.25, 0.3) is 0 Å². The molecule has 0 saturated carbocycles. The third-order valence-corrected chi connectivity index (χ3v) is 4.89. The molecule has 120 valence electrons. The highest BCUT2D eigenvalue weighted by Gasteiger charge is 2.19. The summed E-state index contributed by atoms with van der Waals surface area (Å²) in [6.07, 6.45) is 3.76. The monoisotopic (exact) mass is 366 g/mol. The van der Waals surface area contributed by atoms with Gasteiger partial charge in [0.15, 0.2) is 5.82 Å². The van der Waals surface area contributed by atoms with E-state index in [0.717, 1.165) is 22.5 Å². The standard InChI is InChI=1S/C16H16Cl2N4S/c1-21(10-8-17)13-7-9-19-15(14(13)18)16-20-11-5-3-4-6-12(11)22(16)23-2/h3-7,9H,8,10H2,1-2H3. The quantitative estimate of drug-likeness (QED) is 0.620. The number of fused-ring (bicyclic) bond motifs is 1. The molecule has 0 aliphatic carbocycles. The summed E-state index contributed by atoms with van der Waals surface area (Å²) >= 11 is 14.0. The number of anilines is 1. The summed E-state index contributed by atoms with van der Waals surface area (Å²) in [6.45, 7) is 0.712. The van der Waals surface area contributed by atoms with Crippen molar-refractivity contribution in [2.24, 2.45) is 0 Å². The largest absolute Gasteiger partial charge is 0.372 e. The summed E-state index contributed by atoms with van der Waals surface area (Å²) in [5.41, 5.74) is 3.55. The normalized spacial score (nSPS) is 11.1. The number of alkyl halides is 1. The highest BCUT2D eigenvalue weighted by atomic mass is 35.5. The van der Waals surface area contributed by atoms with Crippen molar-refractivity contribution in [1.29, 1.82) is 0 Å². The van der Waals surface area contributed by atoms with Crippen molar-refractivity contribution >= 4 is 51.9 Å². The number of halogens is 2. The molecule has 7 heteroatoms. The molecule has 0 fully saturated rings. The Balaban J connectivity index is 2.17. The van der Waals surface area contributed by atoms with Crippen LogP contribution in [0.25, 0.3) is 22.6 Å². The second-order valence-corrected chi connectivity index (χ2v) is 6.49. The highest BCUT2D eigenvalue weighted by Crippen LogP contribution is 2.36. The predicted octanol–water partition coefficient (Wildman–Crippen LogP) is 4.55. The molecule has 0 N–H and O–H groups in total. The SMILES string of the molecule is CSn1c(-c2nccc(N(C)CCCl)c2Cl)nc2ccccc21. The molecule has 1 aromatic carbocycles. The minimum Gasteiger partial charge on any atom is -0.372 e. The summed E-state index contributed by atoms with van der Waals surface area (Å²) in [6, 6.07) is 9.90. The number of hydrogen-bond acceptors (Lipinski definition) is 4. The second kappa shape index (κ2) is 6.99. The number of para-hydroxylation sites is 2. The molecule has 0 aliphatic heterocycles. The van der Waals surface area contributed by atoms with E-state index in [1.807, 2.05) is 48.5 Å². The molecule has 0 amide bonds. The van der Waals surface area contributed by atoms with Gasteiger partial charge in [0.1, 0.15) is 5.69 Å². The number of benzene rings is 1.